The molecule has 26 heavy (non-hydrogen) atoms. The Morgan fingerprint density at radius 2 is 1.15 bits per heavy atom. The van der Waals surface area contributed by atoms with Crippen LogP contribution in [0.3, 0.4) is 0 Å². The summed E-state index contributed by atoms with van der Waals surface area (Å²) < 4.78 is 1.97. The molecule has 0 bridgehead atoms. The zero-order chi connectivity index (χ0) is 17.8. The Morgan fingerprint density at radius 3 is 1.38 bits per heavy atom. The van der Waals surface area contributed by atoms with Crippen LogP contribution >= 0.6 is 0 Å². The van der Waals surface area contributed by atoms with Crippen LogP contribution < -0.4 is 24.8 Å². The van der Waals surface area contributed by atoms with Crippen LogP contribution in [0.25, 0.3) is 0 Å². The molecule has 0 aliphatic heterocycles. The van der Waals surface area contributed by atoms with Crippen LogP contribution in [0.15, 0.2) is 72.9 Å². The summed E-state index contributed by atoms with van der Waals surface area (Å²) in [5.74, 6) is 0.736. The van der Waals surface area contributed by atoms with Crippen molar-refractivity contribution in [1.29, 1.82) is 0 Å². The molecule has 0 unspecified atom stereocenters. The summed E-state index contributed by atoms with van der Waals surface area (Å²) >= 11 is 1.97. The topological polar surface area (TPSA) is 53.4 Å². The van der Waals surface area contributed by atoms with E-state index in [1.165, 1.54) is 0 Å². The number of pyridine rings is 1. The summed E-state index contributed by atoms with van der Waals surface area (Å²) in [6.45, 7) is 3.74. The molecule has 3 nitrogen and oxygen atoms in total. The number of phenolic OH excluding ortho intramolecular Hbond substituents is 2. The summed E-state index contributed by atoms with van der Waals surface area (Å²) in [6, 6.07) is 20.4. The number of hydrogen-bond donors (Lipinski definition) is 2. The fraction of sp³-hybridized carbons (Fsp3) is 0.100. The van der Waals surface area contributed by atoms with Gasteiger partial charge >= 0.3 is 59.4 Å². The van der Waals surface area contributed by atoms with Gasteiger partial charge in [0.25, 0.3) is 0 Å². The van der Waals surface area contributed by atoms with Crippen molar-refractivity contribution < 1.29 is 55.0 Å². The number of para-hydroxylation sites is 2. The molecule has 0 fully saturated rings. The van der Waals surface area contributed by atoms with Crippen molar-refractivity contribution in [3.05, 3.63) is 89.7 Å². The van der Waals surface area contributed by atoms with Gasteiger partial charge in [-0.15, -0.1) is 0 Å². The Labute approximate surface area is 178 Å². The number of aromatic nitrogens is 1. The molecule has 1 heterocycles. The quantitative estimate of drug-likeness (QED) is 0.452. The van der Waals surface area contributed by atoms with Gasteiger partial charge in [-0.05, 0) is 37.1 Å². The maximum atomic E-state index is 8.92. The van der Waals surface area contributed by atoms with E-state index in [0.717, 1.165) is 16.8 Å². The minimum atomic E-state index is 0. The van der Waals surface area contributed by atoms with E-state index in [9.17, 15) is 0 Å². The van der Waals surface area contributed by atoms with Gasteiger partial charge < -0.3 is 35.0 Å². The van der Waals surface area contributed by atoms with Gasteiger partial charge in [0.05, 0.1) is 0 Å². The molecule has 0 atom stereocenters. The van der Waals surface area contributed by atoms with E-state index in [2.05, 4.69) is 4.98 Å². The van der Waals surface area contributed by atoms with Crippen LogP contribution in [0.1, 0.15) is 16.8 Å². The van der Waals surface area contributed by atoms with Gasteiger partial charge in [-0.1, -0.05) is 36.4 Å². The first-order valence-corrected chi connectivity index (χ1v) is 8.35. The molecule has 0 saturated heterocycles. The Hall–Kier alpha value is -1.65. The monoisotopic (exact) mass is 425 g/mol. The van der Waals surface area contributed by atoms with Gasteiger partial charge in [-0.3, -0.25) is 0 Å². The Morgan fingerprint density at radius 1 is 0.731 bits per heavy atom. The van der Waals surface area contributed by atoms with Gasteiger partial charge in [0.2, 0.25) is 0 Å². The molecule has 0 saturated carbocycles. The van der Waals surface area contributed by atoms with Gasteiger partial charge in [-0.25, -0.2) is 0 Å². The third-order valence-electron chi connectivity index (χ3n) is 3.07. The Bertz CT molecular complexity index is 670. The third-order valence-corrected chi connectivity index (χ3v) is 3.53. The van der Waals surface area contributed by atoms with E-state index in [1.807, 2.05) is 92.7 Å². The van der Waals surface area contributed by atoms with Gasteiger partial charge in [0.1, 0.15) is 11.5 Å². The van der Waals surface area contributed by atoms with Crippen LogP contribution in [0, 0.1) is 13.8 Å². The summed E-state index contributed by atoms with van der Waals surface area (Å²) in [5.41, 5.74) is 2.88. The SMILES string of the molecule is Cc1ccccc1O.Cc1ccccc1O.[Cl-].[Cl-].[Ti]=[CH]c1ccccn1. The summed E-state index contributed by atoms with van der Waals surface area (Å²) in [5, 5.41) is 17.8. The van der Waals surface area contributed by atoms with Crippen molar-refractivity contribution in [3.8, 4) is 11.5 Å². The molecule has 6 heteroatoms. The summed E-state index contributed by atoms with van der Waals surface area (Å²) in [7, 11) is 0. The fourth-order valence-electron chi connectivity index (χ4n) is 1.59. The van der Waals surface area contributed by atoms with E-state index in [4.69, 9.17) is 10.2 Å². The van der Waals surface area contributed by atoms with Crippen LogP contribution in [0.4, 0.5) is 0 Å². The zero-order valence-corrected chi connectivity index (χ0v) is 17.7. The maximum absolute atomic E-state index is 8.92. The van der Waals surface area contributed by atoms with Crippen molar-refractivity contribution in [2.45, 2.75) is 13.8 Å². The number of hydrogen-bond acceptors (Lipinski definition) is 3. The first-order valence-electron chi connectivity index (χ1n) is 7.45. The first-order chi connectivity index (χ1) is 11.5. The standard InChI is InChI=1S/2C7H8O.C6H5N.2ClH.Ti/c2*1-6-4-2-3-5-7(6)8;1-6-4-2-3-5-7-6;;;/h2*2-5,8H,1H3;1-5H;2*1H;/p-2. The first kappa shape index (κ1) is 26.6. The molecule has 1 aromatic heterocycles. The van der Waals surface area contributed by atoms with E-state index < -0.39 is 0 Å². The predicted molar refractivity (Wildman–Crippen MR) is 95.1 cm³/mol. The third kappa shape index (κ3) is 11.1. The van der Waals surface area contributed by atoms with Crippen LogP contribution in [-0.2, 0) is 20.0 Å². The van der Waals surface area contributed by atoms with E-state index >= 15 is 0 Å². The predicted octanol–water partition coefficient (Wildman–Crippen LogP) is -1.81. The Balaban J connectivity index is 0. The van der Waals surface area contributed by atoms with Crippen LogP contribution in [0.5, 0.6) is 11.5 Å². The molecule has 0 amide bonds. The molecule has 0 aliphatic carbocycles. The zero-order valence-electron chi connectivity index (χ0n) is 14.6. The molecular weight excluding hydrogens is 405 g/mol. The molecule has 3 aromatic rings. The number of nitrogens with zero attached hydrogens (tertiary/aromatic N) is 1. The number of benzene rings is 2. The molecule has 138 valence electrons. The second kappa shape index (κ2) is 15.6. The second-order valence-corrected chi connectivity index (χ2v) is 5.42. The minimum absolute atomic E-state index is 0. The summed E-state index contributed by atoms with van der Waals surface area (Å²) in [6.07, 6.45) is 1.79. The molecule has 0 radical (unpaired) electrons. The van der Waals surface area contributed by atoms with Crippen molar-refractivity contribution in [3.63, 3.8) is 0 Å². The van der Waals surface area contributed by atoms with E-state index in [0.29, 0.717) is 11.5 Å². The average molecular weight is 426 g/mol. The van der Waals surface area contributed by atoms with E-state index in [1.54, 1.807) is 18.3 Å². The molecule has 2 N–H and O–H groups in total. The number of phenols is 2. The number of aromatic hydroxyl groups is 2. The Kier molecular flexibility index (Phi) is 15.9. The van der Waals surface area contributed by atoms with Crippen molar-refractivity contribution in [2.75, 3.05) is 0 Å². The fourth-order valence-corrected chi connectivity index (χ4v) is 1.85. The normalized spacial score (nSPS) is 8.19. The van der Waals surface area contributed by atoms with E-state index in [-0.39, 0.29) is 24.8 Å². The second-order valence-electron chi connectivity index (χ2n) is 4.97. The summed E-state index contributed by atoms with van der Waals surface area (Å²) in [4.78, 5) is 4.04. The average Bonchev–Trinajstić information content (AvgIpc) is 2.62. The number of rotatable bonds is 1. The molecule has 2 aromatic carbocycles. The van der Waals surface area contributed by atoms with Crippen LogP contribution in [0.2, 0.25) is 0 Å². The van der Waals surface area contributed by atoms with Crippen LogP contribution in [-0.4, -0.2) is 19.5 Å². The molecular formula is C20H21Cl2NO2Ti-2. The molecule has 3 rings (SSSR count). The van der Waals surface area contributed by atoms with Crippen molar-refractivity contribution in [2.24, 2.45) is 0 Å². The van der Waals surface area contributed by atoms with Crippen molar-refractivity contribution in [1.82, 2.24) is 4.98 Å². The van der Waals surface area contributed by atoms with Crippen molar-refractivity contribution >= 4 is 4.31 Å². The number of aryl methyl sites for hydroxylation is 2. The van der Waals surface area contributed by atoms with Gasteiger partial charge in [0.15, 0.2) is 0 Å². The number of halogens is 2. The molecule has 0 spiro atoms. The molecule has 0 aliphatic rings. The van der Waals surface area contributed by atoms with Gasteiger partial charge in [0, 0.05) is 0 Å². The van der Waals surface area contributed by atoms with Gasteiger partial charge in [-0.2, -0.15) is 0 Å².